The second-order valence-electron chi connectivity index (χ2n) is 4.50. The molecule has 0 amide bonds. The van der Waals surface area contributed by atoms with Gasteiger partial charge >= 0.3 is 0 Å². The van der Waals surface area contributed by atoms with Gasteiger partial charge in [-0.15, -0.1) is 0 Å². The van der Waals surface area contributed by atoms with Crippen LogP contribution in [0.5, 0.6) is 5.75 Å². The van der Waals surface area contributed by atoms with Gasteiger partial charge in [0.15, 0.2) is 0 Å². The number of nitrogens with one attached hydrogen (secondary N) is 1. The van der Waals surface area contributed by atoms with Crippen molar-refractivity contribution in [2.45, 2.75) is 13.0 Å². The van der Waals surface area contributed by atoms with Gasteiger partial charge in [-0.1, -0.05) is 12.1 Å². The molecule has 2 atom stereocenters. The third-order valence-electron chi connectivity index (χ3n) is 2.85. The number of methoxy groups -OCH3 is 1. The lowest BCUT2D eigenvalue weighted by atomic mass is 10.1. The number of pyridine rings is 1. The average Bonchev–Trinajstić information content (AvgIpc) is 2.37. The minimum atomic E-state index is -0.824. The predicted octanol–water partition coefficient (Wildman–Crippen LogP) is 2.42. The van der Waals surface area contributed by atoms with Crippen molar-refractivity contribution in [3.8, 4) is 5.75 Å². The zero-order valence-corrected chi connectivity index (χ0v) is 12.2. The first-order chi connectivity index (χ1) is 9.11. The first-order valence-corrected chi connectivity index (χ1v) is 7.83. The van der Waals surface area contributed by atoms with Crippen molar-refractivity contribution in [3.63, 3.8) is 0 Å². The molecule has 2 aromatic rings. The lowest BCUT2D eigenvalue weighted by molar-refractivity contribution is 0.420. The van der Waals surface area contributed by atoms with Gasteiger partial charge in [0, 0.05) is 45.8 Å². The maximum atomic E-state index is 11.2. The number of aromatic nitrogens is 1. The van der Waals surface area contributed by atoms with Crippen LogP contribution < -0.4 is 10.1 Å². The molecule has 0 aliphatic rings. The fourth-order valence-corrected chi connectivity index (χ4v) is 2.89. The lowest BCUT2D eigenvalue weighted by Gasteiger charge is -2.15. The number of benzene rings is 1. The average molecular weight is 278 g/mol. The van der Waals surface area contributed by atoms with Crippen LogP contribution >= 0.6 is 0 Å². The molecule has 1 aromatic heterocycles. The fraction of sp³-hybridized carbons (Fsp3) is 0.357. The lowest BCUT2D eigenvalue weighted by Crippen LogP contribution is -2.22. The number of fused-ring (bicyclic) bond motifs is 1. The van der Waals surface area contributed by atoms with Gasteiger partial charge in [0.05, 0.1) is 7.11 Å². The van der Waals surface area contributed by atoms with E-state index in [0.29, 0.717) is 5.75 Å². The molecule has 1 aromatic carbocycles. The zero-order valence-electron chi connectivity index (χ0n) is 11.3. The van der Waals surface area contributed by atoms with Gasteiger partial charge in [-0.3, -0.25) is 4.21 Å². The van der Waals surface area contributed by atoms with Crippen molar-refractivity contribution in [2.75, 3.05) is 24.4 Å². The van der Waals surface area contributed by atoms with Crippen LogP contribution in [0.1, 0.15) is 6.92 Å². The minimum absolute atomic E-state index is 0.107. The van der Waals surface area contributed by atoms with E-state index in [9.17, 15) is 4.21 Å². The molecule has 2 rings (SSSR count). The van der Waals surface area contributed by atoms with E-state index in [-0.39, 0.29) is 6.04 Å². The summed E-state index contributed by atoms with van der Waals surface area (Å²) < 4.78 is 16.6. The zero-order chi connectivity index (χ0) is 13.8. The summed E-state index contributed by atoms with van der Waals surface area (Å²) in [7, 11) is 0.834. The molecule has 2 unspecified atom stereocenters. The van der Waals surface area contributed by atoms with E-state index in [4.69, 9.17) is 4.74 Å². The Morgan fingerprint density at radius 2 is 2.16 bits per heavy atom. The van der Waals surface area contributed by atoms with Crippen molar-refractivity contribution in [1.29, 1.82) is 0 Å². The van der Waals surface area contributed by atoms with Crippen LogP contribution in [-0.2, 0) is 10.8 Å². The van der Waals surface area contributed by atoms with E-state index in [2.05, 4.69) is 10.3 Å². The summed E-state index contributed by atoms with van der Waals surface area (Å²) in [5.41, 5.74) is 0. The Labute approximate surface area is 115 Å². The summed E-state index contributed by atoms with van der Waals surface area (Å²) >= 11 is 0. The number of ether oxygens (including phenoxy) is 1. The van der Waals surface area contributed by atoms with Crippen LogP contribution in [-0.4, -0.2) is 34.4 Å². The predicted molar refractivity (Wildman–Crippen MR) is 80.3 cm³/mol. The maximum absolute atomic E-state index is 11.2. The van der Waals surface area contributed by atoms with Gasteiger partial charge in [0.1, 0.15) is 11.6 Å². The summed E-state index contributed by atoms with van der Waals surface area (Å²) in [5, 5.41) is 5.34. The molecule has 0 saturated carbocycles. The van der Waals surface area contributed by atoms with Crippen LogP contribution in [0.25, 0.3) is 10.8 Å². The molecule has 0 aliphatic carbocycles. The third kappa shape index (κ3) is 3.23. The Morgan fingerprint density at radius 3 is 2.84 bits per heavy atom. The van der Waals surface area contributed by atoms with Gasteiger partial charge in [-0.05, 0) is 19.1 Å². The molecule has 1 heterocycles. The molecule has 0 spiro atoms. The Balaban J connectivity index is 2.36. The summed E-state index contributed by atoms with van der Waals surface area (Å²) in [4.78, 5) is 4.36. The normalized spacial score (nSPS) is 14.1. The van der Waals surface area contributed by atoms with Crippen LogP contribution in [0.2, 0.25) is 0 Å². The van der Waals surface area contributed by atoms with Crippen molar-refractivity contribution >= 4 is 27.4 Å². The topological polar surface area (TPSA) is 51.2 Å². The van der Waals surface area contributed by atoms with Gasteiger partial charge in [-0.2, -0.15) is 0 Å². The van der Waals surface area contributed by atoms with Crippen molar-refractivity contribution < 1.29 is 8.95 Å². The first-order valence-electron chi connectivity index (χ1n) is 6.10. The fourth-order valence-electron chi connectivity index (χ4n) is 2.10. The van der Waals surface area contributed by atoms with E-state index < -0.39 is 10.8 Å². The highest BCUT2D eigenvalue weighted by Crippen LogP contribution is 2.29. The molecule has 5 heteroatoms. The summed E-state index contributed by atoms with van der Waals surface area (Å²) in [6.07, 6.45) is 3.46. The molecule has 4 nitrogen and oxygen atoms in total. The Morgan fingerprint density at radius 1 is 1.37 bits per heavy atom. The molecule has 0 fully saturated rings. The van der Waals surface area contributed by atoms with Crippen LogP contribution in [0, 0.1) is 0 Å². The van der Waals surface area contributed by atoms with E-state index in [1.807, 2.05) is 31.2 Å². The quantitative estimate of drug-likeness (QED) is 0.912. The number of rotatable bonds is 5. The number of anilines is 1. The van der Waals surface area contributed by atoms with E-state index >= 15 is 0 Å². The Hall–Kier alpha value is -1.62. The van der Waals surface area contributed by atoms with E-state index in [1.165, 1.54) is 0 Å². The van der Waals surface area contributed by atoms with Crippen LogP contribution in [0.3, 0.4) is 0 Å². The smallest absolute Gasteiger partial charge is 0.134 e. The first kappa shape index (κ1) is 13.8. The monoisotopic (exact) mass is 278 g/mol. The highest BCUT2D eigenvalue weighted by Gasteiger charge is 2.09. The van der Waals surface area contributed by atoms with Crippen LogP contribution in [0.4, 0.5) is 5.82 Å². The molecule has 19 heavy (non-hydrogen) atoms. The number of hydrogen-bond donors (Lipinski definition) is 1. The van der Waals surface area contributed by atoms with Crippen molar-refractivity contribution in [2.24, 2.45) is 0 Å². The van der Waals surface area contributed by atoms with Crippen molar-refractivity contribution in [1.82, 2.24) is 4.98 Å². The second-order valence-corrected chi connectivity index (χ2v) is 5.98. The van der Waals surface area contributed by atoms with E-state index in [1.54, 1.807) is 19.6 Å². The highest BCUT2D eigenvalue weighted by molar-refractivity contribution is 7.84. The number of hydrogen-bond acceptors (Lipinski definition) is 4. The standard InChI is InChI=1S/C14H18N2O2S/c1-10(9-19(3)17)16-14-12-5-4-6-13(18-2)11(12)7-8-15-14/h4-8,10H,9H2,1-3H3,(H,15,16). The molecule has 1 N–H and O–H groups in total. The highest BCUT2D eigenvalue weighted by atomic mass is 32.2. The molecule has 0 radical (unpaired) electrons. The summed E-state index contributed by atoms with van der Waals surface area (Å²) in [6, 6.07) is 7.91. The van der Waals surface area contributed by atoms with Gasteiger partial charge in [0.25, 0.3) is 0 Å². The van der Waals surface area contributed by atoms with Gasteiger partial charge < -0.3 is 10.1 Å². The molecule has 0 saturated heterocycles. The third-order valence-corrected chi connectivity index (χ3v) is 3.82. The van der Waals surface area contributed by atoms with Crippen molar-refractivity contribution in [3.05, 3.63) is 30.5 Å². The SMILES string of the molecule is COc1cccc2c(NC(C)CS(C)=O)nccc12. The van der Waals surface area contributed by atoms with E-state index in [0.717, 1.165) is 22.3 Å². The van der Waals surface area contributed by atoms with Gasteiger partial charge in [0.2, 0.25) is 0 Å². The minimum Gasteiger partial charge on any atom is -0.496 e. The Kier molecular flexibility index (Phi) is 4.37. The largest absolute Gasteiger partial charge is 0.496 e. The molecule has 0 aliphatic heterocycles. The maximum Gasteiger partial charge on any atom is 0.134 e. The molecule has 0 bridgehead atoms. The summed E-state index contributed by atoms with van der Waals surface area (Å²) in [6.45, 7) is 2.00. The molecular weight excluding hydrogens is 260 g/mol. The molecular formula is C14H18N2O2S. The second kappa shape index (κ2) is 6.02. The Bertz CT molecular complexity index is 601. The molecule has 102 valence electrons. The van der Waals surface area contributed by atoms with Crippen LogP contribution in [0.15, 0.2) is 30.5 Å². The van der Waals surface area contributed by atoms with Gasteiger partial charge in [-0.25, -0.2) is 4.98 Å². The number of nitrogens with zero attached hydrogens (tertiary/aromatic N) is 1. The summed E-state index contributed by atoms with van der Waals surface area (Å²) in [5.74, 6) is 2.23.